The molecule has 9 heteroatoms. The first kappa shape index (κ1) is 15.9. The average molecular weight is 322 g/mol. The van der Waals surface area contributed by atoms with Gasteiger partial charge < -0.3 is 10.1 Å². The van der Waals surface area contributed by atoms with Crippen LogP contribution >= 0.6 is 0 Å². The molecule has 22 heavy (non-hydrogen) atoms. The molecular weight excluding hydrogens is 308 g/mol. The topological polar surface area (TPSA) is 124 Å². The van der Waals surface area contributed by atoms with E-state index in [0.29, 0.717) is 18.2 Å². The van der Waals surface area contributed by atoms with E-state index >= 15 is 0 Å². The van der Waals surface area contributed by atoms with Gasteiger partial charge in [0.05, 0.1) is 11.5 Å². The highest BCUT2D eigenvalue weighted by Gasteiger charge is 2.11. The van der Waals surface area contributed by atoms with Crippen LogP contribution in [-0.2, 0) is 10.0 Å². The van der Waals surface area contributed by atoms with Gasteiger partial charge in [0.25, 0.3) is 5.91 Å². The summed E-state index contributed by atoms with van der Waals surface area (Å²) < 4.78 is 27.5. The maximum Gasteiger partial charge on any atom is 0.274 e. The summed E-state index contributed by atoms with van der Waals surface area (Å²) >= 11 is 0. The van der Waals surface area contributed by atoms with Crippen molar-refractivity contribution in [3.05, 3.63) is 42.4 Å². The van der Waals surface area contributed by atoms with E-state index in [1.54, 1.807) is 6.92 Å². The average Bonchev–Trinajstić information content (AvgIpc) is 2.47. The van der Waals surface area contributed by atoms with E-state index in [4.69, 9.17) is 9.88 Å². The van der Waals surface area contributed by atoms with Crippen molar-refractivity contribution in [3.8, 4) is 5.88 Å². The summed E-state index contributed by atoms with van der Waals surface area (Å²) in [5.41, 5.74) is 0.544. The molecule has 0 aliphatic rings. The van der Waals surface area contributed by atoms with Gasteiger partial charge >= 0.3 is 0 Å². The maximum absolute atomic E-state index is 12.1. The summed E-state index contributed by atoms with van der Waals surface area (Å²) in [4.78, 5) is 19.7. The van der Waals surface area contributed by atoms with Gasteiger partial charge in [0, 0.05) is 11.8 Å². The second-order valence-electron chi connectivity index (χ2n) is 4.20. The zero-order valence-corrected chi connectivity index (χ0v) is 12.5. The van der Waals surface area contributed by atoms with Crippen LogP contribution in [0.25, 0.3) is 0 Å². The number of nitrogens with two attached hydrogens (primary N) is 1. The molecule has 0 spiro atoms. The molecule has 1 aromatic heterocycles. The van der Waals surface area contributed by atoms with Gasteiger partial charge in [-0.05, 0) is 31.2 Å². The number of nitrogens with one attached hydrogen (secondary N) is 1. The fourth-order valence-corrected chi connectivity index (χ4v) is 2.13. The van der Waals surface area contributed by atoms with Crippen LogP contribution in [0.2, 0.25) is 0 Å². The molecule has 2 aromatic rings. The minimum Gasteiger partial charge on any atom is -0.478 e. The number of rotatable bonds is 5. The normalized spacial score (nSPS) is 11.0. The summed E-state index contributed by atoms with van der Waals surface area (Å²) in [6.07, 6.45) is 1.23. The molecule has 0 unspecified atom stereocenters. The molecule has 0 saturated heterocycles. The van der Waals surface area contributed by atoms with Crippen LogP contribution < -0.4 is 15.2 Å². The van der Waals surface area contributed by atoms with Crippen molar-refractivity contribution >= 4 is 21.6 Å². The zero-order chi connectivity index (χ0) is 16.2. The highest BCUT2D eigenvalue weighted by molar-refractivity contribution is 7.89. The Bertz CT molecular complexity index is 775. The number of hydrogen-bond donors (Lipinski definition) is 2. The third-order valence-electron chi connectivity index (χ3n) is 2.61. The van der Waals surface area contributed by atoms with Gasteiger partial charge in [0.2, 0.25) is 15.9 Å². The molecule has 1 aromatic carbocycles. The molecule has 0 saturated carbocycles. The Morgan fingerprint density at radius 1 is 1.27 bits per heavy atom. The number of carbonyl (C=O) groups excluding carboxylic acids is 1. The number of sulfonamides is 1. The van der Waals surface area contributed by atoms with Crippen LogP contribution in [-0.4, -0.2) is 30.9 Å². The number of hydrogen-bond acceptors (Lipinski definition) is 6. The van der Waals surface area contributed by atoms with Crippen molar-refractivity contribution in [2.45, 2.75) is 11.8 Å². The fourth-order valence-electron chi connectivity index (χ4n) is 1.61. The first-order chi connectivity index (χ1) is 10.4. The zero-order valence-electron chi connectivity index (χ0n) is 11.7. The molecule has 0 fully saturated rings. The van der Waals surface area contributed by atoms with E-state index in [2.05, 4.69) is 15.3 Å². The largest absolute Gasteiger partial charge is 0.478 e. The van der Waals surface area contributed by atoms with Crippen LogP contribution in [0.3, 0.4) is 0 Å². The van der Waals surface area contributed by atoms with Crippen molar-refractivity contribution in [2.24, 2.45) is 5.14 Å². The van der Waals surface area contributed by atoms with E-state index in [1.165, 1.54) is 36.7 Å². The number of ether oxygens (including phenoxy) is 1. The highest BCUT2D eigenvalue weighted by Crippen LogP contribution is 2.14. The van der Waals surface area contributed by atoms with E-state index in [0.717, 1.165) is 0 Å². The predicted octanol–water partition coefficient (Wildman–Crippen LogP) is 0.775. The molecule has 8 nitrogen and oxygen atoms in total. The van der Waals surface area contributed by atoms with Crippen molar-refractivity contribution < 1.29 is 17.9 Å². The van der Waals surface area contributed by atoms with Gasteiger partial charge in [0.1, 0.15) is 12.0 Å². The number of carbonyl (C=O) groups is 1. The van der Waals surface area contributed by atoms with Gasteiger partial charge in [0.15, 0.2) is 0 Å². The third kappa shape index (κ3) is 3.99. The molecule has 1 amide bonds. The number of amides is 1. The standard InChI is InChI=1S/C13H14N4O4S/c1-2-21-12-7-11(15-8-16-12)13(18)17-9-3-5-10(6-4-9)22(14,19)20/h3-8H,2H2,1H3,(H,17,18)(H2,14,19,20). The summed E-state index contributed by atoms with van der Waals surface area (Å²) in [6, 6.07) is 6.88. The van der Waals surface area contributed by atoms with Crippen molar-refractivity contribution in [2.75, 3.05) is 11.9 Å². The lowest BCUT2D eigenvalue weighted by molar-refractivity contribution is 0.102. The summed E-state index contributed by atoms with van der Waals surface area (Å²) in [6.45, 7) is 2.22. The van der Waals surface area contributed by atoms with Gasteiger partial charge in [-0.3, -0.25) is 4.79 Å². The van der Waals surface area contributed by atoms with Gasteiger partial charge in [-0.25, -0.2) is 23.5 Å². The molecular formula is C13H14N4O4S. The molecule has 0 atom stereocenters. The van der Waals surface area contributed by atoms with E-state index in [1.807, 2.05) is 0 Å². The smallest absolute Gasteiger partial charge is 0.274 e. The Morgan fingerprint density at radius 2 is 1.95 bits per heavy atom. The van der Waals surface area contributed by atoms with Crippen molar-refractivity contribution in [3.63, 3.8) is 0 Å². The minimum atomic E-state index is -3.76. The van der Waals surface area contributed by atoms with E-state index in [9.17, 15) is 13.2 Å². The van der Waals surface area contributed by atoms with E-state index < -0.39 is 15.9 Å². The Morgan fingerprint density at radius 3 is 2.55 bits per heavy atom. The van der Waals surface area contributed by atoms with Gasteiger partial charge in [-0.2, -0.15) is 0 Å². The number of nitrogens with zero attached hydrogens (tertiary/aromatic N) is 2. The molecule has 0 bridgehead atoms. The van der Waals surface area contributed by atoms with Crippen LogP contribution in [0.4, 0.5) is 5.69 Å². The Labute approximate surface area is 127 Å². The van der Waals surface area contributed by atoms with Crippen LogP contribution in [0, 0.1) is 0 Å². The van der Waals surface area contributed by atoms with Gasteiger partial charge in [-0.15, -0.1) is 0 Å². The molecule has 2 rings (SSSR count). The number of primary sulfonamides is 1. The molecule has 116 valence electrons. The second-order valence-corrected chi connectivity index (χ2v) is 5.76. The Kier molecular flexibility index (Phi) is 4.68. The Hall–Kier alpha value is -2.52. The SMILES string of the molecule is CCOc1cc(C(=O)Nc2ccc(S(N)(=O)=O)cc2)ncn1. The predicted molar refractivity (Wildman–Crippen MR) is 79.0 cm³/mol. The molecule has 0 radical (unpaired) electrons. The van der Waals surface area contributed by atoms with Crippen LogP contribution in [0.5, 0.6) is 5.88 Å². The first-order valence-corrected chi connectivity index (χ1v) is 7.84. The third-order valence-corrected chi connectivity index (χ3v) is 3.54. The Balaban J connectivity index is 2.13. The molecule has 3 N–H and O–H groups in total. The number of benzene rings is 1. The highest BCUT2D eigenvalue weighted by atomic mass is 32.2. The quantitative estimate of drug-likeness (QED) is 0.838. The summed E-state index contributed by atoms with van der Waals surface area (Å²) in [5, 5.41) is 7.58. The number of anilines is 1. The van der Waals surface area contributed by atoms with Gasteiger partial charge in [-0.1, -0.05) is 0 Å². The lowest BCUT2D eigenvalue weighted by Gasteiger charge is -2.06. The van der Waals surface area contributed by atoms with E-state index in [-0.39, 0.29) is 10.6 Å². The van der Waals surface area contributed by atoms with Crippen molar-refractivity contribution in [1.82, 2.24) is 9.97 Å². The molecule has 0 aliphatic heterocycles. The summed E-state index contributed by atoms with van der Waals surface area (Å²) in [7, 11) is -3.76. The maximum atomic E-state index is 12.1. The lowest BCUT2D eigenvalue weighted by atomic mass is 10.3. The lowest BCUT2D eigenvalue weighted by Crippen LogP contribution is -2.15. The number of aromatic nitrogens is 2. The monoisotopic (exact) mass is 322 g/mol. The molecule has 1 heterocycles. The van der Waals surface area contributed by atoms with Crippen molar-refractivity contribution in [1.29, 1.82) is 0 Å². The minimum absolute atomic E-state index is 0.0360. The summed E-state index contributed by atoms with van der Waals surface area (Å²) in [5.74, 6) is -0.168. The first-order valence-electron chi connectivity index (χ1n) is 6.29. The second kappa shape index (κ2) is 6.50. The molecule has 0 aliphatic carbocycles. The van der Waals surface area contributed by atoms with Crippen LogP contribution in [0.15, 0.2) is 41.6 Å². The fraction of sp³-hybridized carbons (Fsp3) is 0.154. The van der Waals surface area contributed by atoms with Crippen LogP contribution in [0.1, 0.15) is 17.4 Å².